The normalized spacial score (nSPS) is 14.6. The third kappa shape index (κ3) is 4.28. The lowest BCUT2D eigenvalue weighted by molar-refractivity contribution is -0.151. The van der Waals surface area contributed by atoms with Gasteiger partial charge in [-0.1, -0.05) is 0 Å². The fourth-order valence-corrected chi connectivity index (χ4v) is 0.610. The summed E-state index contributed by atoms with van der Waals surface area (Å²) < 4.78 is 4.30. The van der Waals surface area contributed by atoms with E-state index in [9.17, 15) is 9.59 Å². The van der Waals surface area contributed by atoms with Crippen LogP contribution in [0.2, 0.25) is 0 Å². The van der Waals surface area contributed by atoms with Gasteiger partial charge < -0.3 is 25.8 Å². The molecule has 0 radical (unpaired) electrons. The van der Waals surface area contributed by atoms with Gasteiger partial charge in [-0.05, 0) is 0 Å². The van der Waals surface area contributed by atoms with Crippen LogP contribution in [0.3, 0.4) is 0 Å². The summed E-state index contributed by atoms with van der Waals surface area (Å²) in [5.74, 6) is -1.68. The maximum atomic E-state index is 10.9. The quantitative estimate of drug-likeness (QED) is 0.337. The number of esters is 1. The van der Waals surface area contributed by atoms with E-state index in [2.05, 4.69) is 4.74 Å². The largest absolute Gasteiger partial charge is 0.457 e. The minimum absolute atomic E-state index is 0.369. The molecule has 14 heavy (non-hydrogen) atoms. The number of carbonyl (C=O) groups excluding carboxylic acids is 2. The number of aliphatic hydroxyl groups excluding tert-OH is 3. The SMILES string of the molecule is NCC(=O)OCC(=O)[C@@H](O)[C@H](O)CO. The van der Waals surface area contributed by atoms with E-state index in [4.69, 9.17) is 21.1 Å². The van der Waals surface area contributed by atoms with Crippen molar-refractivity contribution in [3.8, 4) is 0 Å². The van der Waals surface area contributed by atoms with Crippen molar-refractivity contribution in [2.75, 3.05) is 19.8 Å². The van der Waals surface area contributed by atoms with Gasteiger partial charge in [0, 0.05) is 0 Å². The highest BCUT2D eigenvalue weighted by Gasteiger charge is 2.24. The van der Waals surface area contributed by atoms with Crippen LogP contribution in [0.5, 0.6) is 0 Å². The van der Waals surface area contributed by atoms with Crippen LogP contribution in [-0.4, -0.2) is 59.0 Å². The molecular weight excluding hydrogens is 194 g/mol. The first-order valence-corrected chi connectivity index (χ1v) is 3.88. The van der Waals surface area contributed by atoms with Crippen molar-refractivity contribution in [1.82, 2.24) is 0 Å². The van der Waals surface area contributed by atoms with E-state index in [1.807, 2.05) is 0 Å². The van der Waals surface area contributed by atoms with E-state index < -0.39 is 37.2 Å². The second-order valence-electron chi connectivity index (χ2n) is 2.53. The summed E-state index contributed by atoms with van der Waals surface area (Å²) in [6.45, 7) is -1.79. The van der Waals surface area contributed by atoms with E-state index in [1.54, 1.807) is 0 Å². The zero-order valence-corrected chi connectivity index (χ0v) is 7.42. The van der Waals surface area contributed by atoms with Gasteiger partial charge in [0.25, 0.3) is 0 Å². The number of nitrogens with two attached hydrogens (primary N) is 1. The number of ketones is 1. The van der Waals surface area contributed by atoms with Crippen LogP contribution >= 0.6 is 0 Å². The lowest BCUT2D eigenvalue weighted by atomic mass is 10.1. The number of ether oxygens (including phenoxy) is 1. The van der Waals surface area contributed by atoms with Crippen LogP contribution < -0.4 is 5.73 Å². The minimum atomic E-state index is -1.76. The fraction of sp³-hybridized carbons (Fsp3) is 0.714. The maximum Gasteiger partial charge on any atom is 0.320 e. The van der Waals surface area contributed by atoms with Crippen LogP contribution in [-0.2, 0) is 14.3 Å². The topological polar surface area (TPSA) is 130 Å². The van der Waals surface area contributed by atoms with Crippen LogP contribution in [0, 0.1) is 0 Å². The first-order valence-electron chi connectivity index (χ1n) is 3.88. The summed E-state index contributed by atoms with van der Waals surface area (Å²) in [5, 5.41) is 26.2. The average molecular weight is 207 g/mol. The van der Waals surface area contributed by atoms with Crippen molar-refractivity contribution in [1.29, 1.82) is 0 Å². The van der Waals surface area contributed by atoms with Crippen molar-refractivity contribution in [2.24, 2.45) is 5.73 Å². The Bertz CT molecular complexity index is 206. The molecule has 0 spiro atoms. The van der Waals surface area contributed by atoms with E-state index in [-0.39, 0.29) is 6.54 Å². The third-order valence-corrected chi connectivity index (χ3v) is 1.42. The Hall–Kier alpha value is -1.02. The number of Topliss-reactive ketones (excluding diaryl/α,β-unsaturated/α-hetero) is 1. The number of hydrogen-bond donors (Lipinski definition) is 4. The average Bonchev–Trinajstić information content (AvgIpc) is 2.22. The highest BCUT2D eigenvalue weighted by molar-refractivity contribution is 5.86. The van der Waals surface area contributed by atoms with Gasteiger partial charge in [0.05, 0.1) is 13.2 Å². The Morgan fingerprint density at radius 3 is 2.36 bits per heavy atom. The number of carbonyl (C=O) groups is 2. The molecule has 0 fully saturated rings. The second kappa shape index (κ2) is 6.44. The van der Waals surface area contributed by atoms with Gasteiger partial charge in [-0.2, -0.15) is 0 Å². The number of aliphatic hydroxyl groups is 3. The van der Waals surface area contributed by atoms with Gasteiger partial charge in [0.1, 0.15) is 12.2 Å². The second-order valence-corrected chi connectivity index (χ2v) is 2.53. The molecule has 0 aromatic carbocycles. The van der Waals surface area contributed by atoms with E-state index in [0.717, 1.165) is 0 Å². The molecule has 0 saturated heterocycles. The Balaban J connectivity index is 3.90. The number of hydrogen-bond acceptors (Lipinski definition) is 7. The van der Waals surface area contributed by atoms with Crippen molar-refractivity contribution in [2.45, 2.75) is 12.2 Å². The van der Waals surface area contributed by atoms with Crippen molar-refractivity contribution >= 4 is 11.8 Å². The molecule has 0 aliphatic heterocycles. The molecule has 0 aliphatic rings. The third-order valence-electron chi connectivity index (χ3n) is 1.42. The molecule has 7 nitrogen and oxygen atoms in total. The molecule has 0 bridgehead atoms. The first kappa shape index (κ1) is 13.0. The molecule has 0 amide bonds. The van der Waals surface area contributed by atoms with E-state index >= 15 is 0 Å². The predicted octanol–water partition coefficient (Wildman–Crippen LogP) is -3.23. The summed E-state index contributed by atoms with van der Waals surface area (Å²) in [6.07, 6.45) is -3.33. The molecule has 0 aromatic rings. The van der Waals surface area contributed by atoms with E-state index in [1.165, 1.54) is 0 Å². The molecule has 0 saturated carbocycles. The fourth-order valence-electron chi connectivity index (χ4n) is 0.610. The standard InChI is InChI=1S/C7H13NO6/c8-1-6(12)14-3-5(11)7(13)4(10)2-9/h4,7,9-10,13H,1-3,8H2/t4-,7+/m1/s1. The molecular formula is C7H13NO6. The van der Waals surface area contributed by atoms with Crippen molar-refractivity contribution in [3.05, 3.63) is 0 Å². The van der Waals surface area contributed by atoms with Gasteiger partial charge >= 0.3 is 5.97 Å². The van der Waals surface area contributed by atoms with Crippen LogP contribution in [0.25, 0.3) is 0 Å². The summed E-state index contributed by atoms with van der Waals surface area (Å²) >= 11 is 0. The summed E-state index contributed by atoms with van der Waals surface area (Å²) in [7, 11) is 0. The summed E-state index contributed by atoms with van der Waals surface area (Å²) in [6, 6.07) is 0. The molecule has 0 rings (SSSR count). The molecule has 0 unspecified atom stereocenters. The lowest BCUT2D eigenvalue weighted by Gasteiger charge is -2.13. The van der Waals surface area contributed by atoms with Gasteiger partial charge in [-0.3, -0.25) is 9.59 Å². The van der Waals surface area contributed by atoms with Gasteiger partial charge in [0.15, 0.2) is 6.61 Å². The smallest absolute Gasteiger partial charge is 0.320 e. The predicted molar refractivity (Wildman–Crippen MR) is 44.1 cm³/mol. The highest BCUT2D eigenvalue weighted by atomic mass is 16.5. The highest BCUT2D eigenvalue weighted by Crippen LogP contribution is 1.95. The first-order chi connectivity index (χ1) is 6.52. The Kier molecular flexibility index (Phi) is 5.97. The Morgan fingerprint density at radius 1 is 1.36 bits per heavy atom. The molecule has 0 aromatic heterocycles. The van der Waals surface area contributed by atoms with Crippen LogP contribution in [0.4, 0.5) is 0 Å². The monoisotopic (exact) mass is 207 g/mol. The molecule has 5 N–H and O–H groups in total. The van der Waals surface area contributed by atoms with Crippen LogP contribution in [0.1, 0.15) is 0 Å². The number of rotatable bonds is 6. The molecule has 0 heterocycles. The minimum Gasteiger partial charge on any atom is -0.457 e. The molecule has 0 aliphatic carbocycles. The van der Waals surface area contributed by atoms with E-state index in [0.29, 0.717) is 0 Å². The summed E-state index contributed by atoms with van der Waals surface area (Å²) in [5.41, 5.74) is 4.88. The van der Waals surface area contributed by atoms with Crippen molar-refractivity contribution < 1.29 is 29.6 Å². The van der Waals surface area contributed by atoms with Gasteiger partial charge in [0.2, 0.25) is 5.78 Å². The van der Waals surface area contributed by atoms with Crippen molar-refractivity contribution in [3.63, 3.8) is 0 Å². The van der Waals surface area contributed by atoms with Gasteiger partial charge in [-0.25, -0.2) is 0 Å². The van der Waals surface area contributed by atoms with Gasteiger partial charge in [-0.15, -0.1) is 0 Å². The molecule has 82 valence electrons. The molecule has 7 heteroatoms. The Labute approximate surface area is 80.1 Å². The van der Waals surface area contributed by atoms with Crippen LogP contribution in [0.15, 0.2) is 0 Å². The Morgan fingerprint density at radius 2 is 1.93 bits per heavy atom. The maximum absolute atomic E-state index is 10.9. The lowest BCUT2D eigenvalue weighted by Crippen LogP contribution is -2.39. The molecule has 2 atom stereocenters. The summed E-state index contributed by atoms with van der Waals surface area (Å²) in [4.78, 5) is 21.4. The zero-order valence-electron chi connectivity index (χ0n) is 7.42. The zero-order chi connectivity index (χ0) is 11.1.